The zero-order valence-corrected chi connectivity index (χ0v) is 19.6. The Morgan fingerprint density at radius 2 is 1.69 bits per heavy atom. The van der Waals surface area contributed by atoms with Crippen LogP contribution in [0.25, 0.3) is 0 Å². The van der Waals surface area contributed by atoms with Gasteiger partial charge in [0.15, 0.2) is 5.96 Å². The third-order valence-electron chi connectivity index (χ3n) is 4.65. The zero-order chi connectivity index (χ0) is 20.4. The predicted molar refractivity (Wildman–Crippen MR) is 128 cm³/mol. The molecule has 0 aliphatic heterocycles. The van der Waals surface area contributed by atoms with Gasteiger partial charge in [0.25, 0.3) is 0 Å². The average molecular weight is 514 g/mol. The molecule has 0 aliphatic rings. The summed E-state index contributed by atoms with van der Waals surface area (Å²) in [6.07, 6.45) is 0. The summed E-state index contributed by atoms with van der Waals surface area (Å²) in [5, 5.41) is 16.4. The molecule has 0 saturated heterocycles. The molecule has 2 unspecified atom stereocenters. The van der Waals surface area contributed by atoms with Crippen molar-refractivity contribution in [1.29, 1.82) is 0 Å². The first kappa shape index (κ1) is 25.3. The highest BCUT2D eigenvalue weighted by atomic mass is 127. The van der Waals surface area contributed by atoms with Gasteiger partial charge < -0.3 is 20.6 Å². The van der Waals surface area contributed by atoms with Crippen molar-refractivity contribution in [2.45, 2.75) is 18.9 Å². The van der Waals surface area contributed by atoms with Gasteiger partial charge in [0.1, 0.15) is 5.82 Å². The number of benzene rings is 2. The van der Waals surface area contributed by atoms with Gasteiger partial charge in [-0.2, -0.15) is 0 Å². The molecule has 2 aromatic rings. The third-order valence-corrected chi connectivity index (χ3v) is 4.65. The lowest BCUT2D eigenvalue weighted by Crippen LogP contribution is -2.42. The van der Waals surface area contributed by atoms with Crippen molar-refractivity contribution in [1.82, 2.24) is 15.5 Å². The lowest BCUT2D eigenvalue weighted by molar-refractivity contribution is 0.268. The van der Waals surface area contributed by atoms with E-state index in [0.717, 1.165) is 17.7 Å². The molecule has 0 saturated carbocycles. The maximum atomic E-state index is 13.2. The average Bonchev–Trinajstić information content (AvgIpc) is 2.70. The zero-order valence-electron chi connectivity index (χ0n) is 17.3. The number of likely N-dealkylation sites (N-methyl/N-ethyl adjacent to an activating group) is 1. The van der Waals surface area contributed by atoms with E-state index in [9.17, 15) is 9.50 Å². The van der Waals surface area contributed by atoms with Crippen LogP contribution in [0.3, 0.4) is 0 Å². The lowest BCUT2D eigenvalue weighted by Gasteiger charge is -2.26. The smallest absolute Gasteiger partial charge is 0.191 e. The van der Waals surface area contributed by atoms with Gasteiger partial charge in [-0.1, -0.05) is 42.5 Å². The van der Waals surface area contributed by atoms with Crippen molar-refractivity contribution in [3.63, 3.8) is 0 Å². The molecule has 160 valence electrons. The second-order valence-electron chi connectivity index (χ2n) is 6.92. The monoisotopic (exact) mass is 514 g/mol. The summed E-state index contributed by atoms with van der Waals surface area (Å²) >= 11 is 0. The number of rotatable bonds is 9. The molecule has 7 heteroatoms. The number of hydrogen-bond donors (Lipinski definition) is 3. The SMILES string of the molecule is CCNC(=NCC(CO)c1ccccc1)NCC(c1ccc(F)cc1)N(C)C.I. The largest absolute Gasteiger partial charge is 0.396 e. The van der Waals surface area contributed by atoms with Crippen LogP contribution in [0.15, 0.2) is 59.6 Å². The summed E-state index contributed by atoms with van der Waals surface area (Å²) in [5.41, 5.74) is 2.11. The van der Waals surface area contributed by atoms with Gasteiger partial charge in [0, 0.05) is 19.0 Å². The molecule has 0 heterocycles. The molecule has 0 aromatic heterocycles. The van der Waals surface area contributed by atoms with E-state index in [2.05, 4.69) is 20.5 Å². The highest BCUT2D eigenvalue weighted by Crippen LogP contribution is 2.18. The molecule has 2 aromatic carbocycles. The van der Waals surface area contributed by atoms with E-state index in [1.807, 2.05) is 63.5 Å². The number of aliphatic hydroxyl groups excluding tert-OH is 1. The molecule has 0 fully saturated rings. The molecule has 0 aliphatic carbocycles. The Morgan fingerprint density at radius 3 is 2.24 bits per heavy atom. The van der Waals surface area contributed by atoms with Crippen LogP contribution in [0.1, 0.15) is 30.0 Å². The maximum absolute atomic E-state index is 13.2. The Balaban J connectivity index is 0.00000420. The molecular weight excluding hydrogens is 482 g/mol. The second kappa shape index (κ2) is 13.5. The van der Waals surface area contributed by atoms with Crippen molar-refractivity contribution in [3.8, 4) is 0 Å². The minimum absolute atomic E-state index is 0. The van der Waals surface area contributed by atoms with Gasteiger partial charge in [0.2, 0.25) is 0 Å². The second-order valence-corrected chi connectivity index (χ2v) is 6.92. The van der Waals surface area contributed by atoms with E-state index < -0.39 is 0 Å². The molecule has 29 heavy (non-hydrogen) atoms. The van der Waals surface area contributed by atoms with Crippen LogP contribution in [-0.2, 0) is 0 Å². The molecule has 0 bridgehead atoms. The van der Waals surface area contributed by atoms with E-state index in [1.54, 1.807) is 0 Å². The number of halogens is 2. The molecule has 5 nitrogen and oxygen atoms in total. The molecule has 2 atom stereocenters. The number of guanidine groups is 1. The molecule has 0 amide bonds. The van der Waals surface area contributed by atoms with Crippen LogP contribution < -0.4 is 10.6 Å². The van der Waals surface area contributed by atoms with Crippen LogP contribution in [0.4, 0.5) is 4.39 Å². The Bertz CT molecular complexity index is 725. The number of aliphatic imine (C=N–C) groups is 1. The van der Waals surface area contributed by atoms with Crippen molar-refractivity contribution in [2.75, 3.05) is 40.3 Å². The fraction of sp³-hybridized carbons (Fsp3) is 0.409. The van der Waals surface area contributed by atoms with Crippen LogP contribution in [0, 0.1) is 5.82 Å². The summed E-state index contributed by atoms with van der Waals surface area (Å²) in [5.74, 6) is 0.421. The summed E-state index contributed by atoms with van der Waals surface area (Å²) in [6.45, 7) is 3.91. The summed E-state index contributed by atoms with van der Waals surface area (Å²) < 4.78 is 13.2. The van der Waals surface area contributed by atoms with Gasteiger partial charge in [-0.15, -0.1) is 24.0 Å². The standard InChI is InChI=1S/C22H31FN4O.HI/c1-4-24-22(25-14-19(16-28)17-8-6-5-7-9-17)26-15-21(27(2)3)18-10-12-20(23)13-11-18;/h5-13,19,21,28H,4,14-16H2,1-3H3,(H2,24,25,26);1H. The van der Waals surface area contributed by atoms with Crippen LogP contribution in [-0.4, -0.2) is 56.3 Å². The minimum atomic E-state index is -0.236. The van der Waals surface area contributed by atoms with Crippen LogP contribution in [0.2, 0.25) is 0 Å². The number of nitrogens with zero attached hydrogens (tertiary/aromatic N) is 2. The summed E-state index contributed by atoms with van der Waals surface area (Å²) in [6, 6.07) is 16.6. The molecule has 0 radical (unpaired) electrons. The first-order valence-corrected chi connectivity index (χ1v) is 9.65. The number of aliphatic hydroxyl groups is 1. The number of hydrogen-bond acceptors (Lipinski definition) is 3. The minimum Gasteiger partial charge on any atom is -0.396 e. The van der Waals surface area contributed by atoms with E-state index in [-0.39, 0.29) is 48.4 Å². The van der Waals surface area contributed by atoms with Gasteiger partial charge in [-0.25, -0.2) is 4.39 Å². The first-order chi connectivity index (χ1) is 13.5. The molecule has 2 rings (SSSR count). The van der Waals surface area contributed by atoms with Crippen molar-refractivity contribution >= 4 is 29.9 Å². The van der Waals surface area contributed by atoms with Gasteiger partial charge >= 0.3 is 0 Å². The summed E-state index contributed by atoms with van der Waals surface area (Å²) in [7, 11) is 3.99. The Morgan fingerprint density at radius 1 is 1.03 bits per heavy atom. The van der Waals surface area contributed by atoms with E-state index in [1.165, 1.54) is 12.1 Å². The van der Waals surface area contributed by atoms with Crippen LogP contribution in [0.5, 0.6) is 0 Å². The fourth-order valence-corrected chi connectivity index (χ4v) is 3.01. The topological polar surface area (TPSA) is 59.9 Å². The van der Waals surface area contributed by atoms with E-state index in [4.69, 9.17) is 0 Å². The van der Waals surface area contributed by atoms with Crippen molar-refractivity contribution in [3.05, 3.63) is 71.5 Å². The van der Waals surface area contributed by atoms with Crippen molar-refractivity contribution < 1.29 is 9.50 Å². The Kier molecular flexibility index (Phi) is 11.8. The highest BCUT2D eigenvalue weighted by molar-refractivity contribution is 14.0. The highest BCUT2D eigenvalue weighted by Gasteiger charge is 2.15. The lowest BCUT2D eigenvalue weighted by atomic mass is 10.0. The molecule has 0 spiro atoms. The van der Waals surface area contributed by atoms with Gasteiger partial charge in [-0.3, -0.25) is 4.99 Å². The van der Waals surface area contributed by atoms with Crippen molar-refractivity contribution in [2.24, 2.45) is 4.99 Å². The normalized spacial score (nSPS) is 13.5. The molecule has 3 N–H and O–H groups in total. The van der Waals surface area contributed by atoms with Crippen LogP contribution >= 0.6 is 24.0 Å². The third kappa shape index (κ3) is 8.28. The predicted octanol–water partition coefficient (Wildman–Crippen LogP) is 3.38. The molecular formula is C22H32FIN4O. The van der Waals surface area contributed by atoms with Gasteiger partial charge in [0.05, 0.1) is 19.2 Å². The van der Waals surface area contributed by atoms with E-state index in [0.29, 0.717) is 19.0 Å². The quantitative estimate of drug-likeness (QED) is 0.273. The Labute approximate surface area is 190 Å². The van der Waals surface area contributed by atoms with E-state index >= 15 is 0 Å². The summed E-state index contributed by atoms with van der Waals surface area (Å²) in [4.78, 5) is 6.74. The Hall–Kier alpha value is -1.71. The number of nitrogens with one attached hydrogen (secondary N) is 2. The first-order valence-electron chi connectivity index (χ1n) is 9.65. The maximum Gasteiger partial charge on any atom is 0.191 e. The fourth-order valence-electron chi connectivity index (χ4n) is 3.01. The van der Waals surface area contributed by atoms with Gasteiger partial charge in [-0.05, 0) is 44.3 Å².